The molecule has 0 saturated carbocycles. The van der Waals surface area contributed by atoms with Crippen LogP contribution in [0.2, 0.25) is 0 Å². The van der Waals surface area contributed by atoms with Gasteiger partial charge in [-0.3, -0.25) is 4.98 Å². The highest BCUT2D eigenvalue weighted by atomic mass is 32.2. The largest absolute Gasteiger partial charge is 0.337 e. The van der Waals surface area contributed by atoms with Crippen LogP contribution in [0.15, 0.2) is 59.6 Å². The minimum atomic E-state index is -0.168. The van der Waals surface area contributed by atoms with Crippen molar-refractivity contribution in [2.75, 3.05) is 6.54 Å². The van der Waals surface area contributed by atoms with E-state index in [4.69, 9.17) is 0 Å². The average molecular weight is 315 g/mol. The van der Waals surface area contributed by atoms with Crippen molar-refractivity contribution in [3.05, 3.63) is 60.4 Å². The van der Waals surface area contributed by atoms with Crippen molar-refractivity contribution in [2.24, 2.45) is 0 Å². The van der Waals surface area contributed by atoms with Gasteiger partial charge in [-0.05, 0) is 31.2 Å². The second-order valence-electron chi connectivity index (χ2n) is 5.07. The molecule has 0 unspecified atom stereocenters. The van der Waals surface area contributed by atoms with Gasteiger partial charge in [0.05, 0.1) is 11.7 Å². The second-order valence-corrected chi connectivity index (χ2v) is 6.58. The van der Waals surface area contributed by atoms with Gasteiger partial charge < -0.3 is 10.6 Å². The third kappa shape index (κ3) is 5.41. The van der Waals surface area contributed by atoms with Crippen molar-refractivity contribution in [2.45, 2.75) is 30.0 Å². The van der Waals surface area contributed by atoms with Gasteiger partial charge in [0, 0.05) is 22.9 Å². The van der Waals surface area contributed by atoms with Gasteiger partial charge in [0.2, 0.25) is 0 Å². The van der Waals surface area contributed by atoms with E-state index in [1.807, 2.05) is 43.3 Å². The topological polar surface area (TPSA) is 54.0 Å². The zero-order valence-electron chi connectivity index (χ0n) is 12.8. The number of nitrogens with one attached hydrogen (secondary N) is 2. The molecular weight excluding hydrogens is 294 g/mol. The van der Waals surface area contributed by atoms with Crippen molar-refractivity contribution in [3.63, 3.8) is 0 Å². The maximum Gasteiger partial charge on any atom is 0.315 e. The molecule has 2 N–H and O–H groups in total. The molecule has 0 bridgehead atoms. The van der Waals surface area contributed by atoms with Crippen LogP contribution >= 0.6 is 11.8 Å². The van der Waals surface area contributed by atoms with E-state index in [9.17, 15) is 4.79 Å². The Hall–Kier alpha value is -2.01. The number of amides is 2. The van der Waals surface area contributed by atoms with Crippen molar-refractivity contribution < 1.29 is 4.79 Å². The molecule has 2 atom stereocenters. The minimum Gasteiger partial charge on any atom is -0.337 e. The van der Waals surface area contributed by atoms with Crippen molar-refractivity contribution in [3.8, 4) is 0 Å². The van der Waals surface area contributed by atoms with Crippen LogP contribution in [0.4, 0.5) is 4.79 Å². The number of carbonyl (C=O) groups excluding carboxylic acids is 1. The lowest BCUT2D eigenvalue weighted by atomic mass is 10.2. The van der Waals surface area contributed by atoms with Crippen LogP contribution in [0.1, 0.15) is 25.6 Å². The first kappa shape index (κ1) is 16.4. The lowest BCUT2D eigenvalue weighted by molar-refractivity contribution is 0.238. The Morgan fingerprint density at radius 2 is 1.86 bits per heavy atom. The summed E-state index contributed by atoms with van der Waals surface area (Å²) in [5.41, 5.74) is 0.851. The first-order valence-corrected chi connectivity index (χ1v) is 8.20. The summed E-state index contributed by atoms with van der Waals surface area (Å²) in [5.74, 6) is 0. The first-order chi connectivity index (χ1) is 10.6. The van der Waals surface area contributed by atoms with Crippen LogP contribution in [-0.4, -0.2) is 22.8 Å². The van der Waals surface area contributed by atoms with E-state index in [1.54, 1.807) is 18.0 Å². The van der Waals surface area contributed by atoms with Crippen LogP contribution in [0.5, 0.6) is 0 Å². The smallest absolute Gasteiger partial charge is 0.315 e. The number of hydrogen-bond acceptors (Lipinski definition) is 3. The molecule has 0 saturated heterocycles. The predicted molar refractivity (Wildman–Crippen MR) is 90.9 cm³/mol. The molecule has 4 nitrogen and oxygen atoms in total. The van der Waals surface area contributed by atoms with Gasteiger partial charge in [0.25, 0.3) is 0 Å². The van der Waals surface area contributed by atoms with E-state index in [-0.39, 0.29) is 12.1 Å². The Morgan fingerprint density at radius 3 is 2.55 bits per heavy atom. The predicted octanol–water partition coefficient (Wildman–Crippen LogP) is 3.62. The van der Waals surface area contributed by atoms with Gasteiger partial charge in [0.15, 0.2) is 0 Å². The SMILES string of the molecule is C[C@@H](CNC(=O)N[C@H](C)c1ccccn1)Sc1ccccc1. The average Bonchev–Trinajstić information content (AvgIpc) is 2.55. The van der Waals surface area contributed by atoms with Crippen molar-refractivity contribution in [1.82, 2.24) is 15.6 Å². The summed E-state index contributed by atoms with van der Waals surface area (Å²) in [6.45, 7) is 4.63. The Morgan fingerprint density at radius 1 is 1.14 bits per heavy atom. The lowest BCUT2D eigenvalue weighted by Crippen LogP contribution is -2.39. The quantitative estimate of drug-likeness (QED) is 0.801. The number of nitrogens with zero attached hydrogens (tertiary/aromatic N) is 1. The maximum atomic E-state index is 11.9. The molecule has 2 aromatic rings. The molecule has 1 aromatic carbocycles. The number of carbonyl (C=O) groups is 1. The van der Waals surface area contributed by atoms with Crippen molar-refractivity contribution in [1.29, 1.82) is 0 Å². The Balaban J connectivity index is 1.73. The van der Waals surface area contributed by atoms with Crippen LogP contribution in [0.25, 0.3) is 0 Å². The molecule has 1 aromatic heterocycles. The zero-order valence-corrected chi connectivity index (χ0v) is 13.6. The molecule has 0 aliphatic heterocycles. The molecule has 116 valence electrons. The summed E-state index contributed by atoms with van der Waals surface area (Å²) in [4.78, 5) is 17.4. The van der Waals surface area contributed by atoms with Crippen LogP contribution in [-0.2, 0) is 0 Å². The third-order valence-electron chi connectivity index (χ3n) is 3.11. The number of benzene rings is 1. The highest BCUT2D eigenvalue weighted by Crippen LogP contribution is 2.21. The summed E-state index contributed by atoms with van der Waals surface area (Å²) in [6.07, 6.45) is 1.73. The summed E-state index contributed by atoms with van der Waals surface area (Å²) in [5, 5.41) is 6.10. The van der Waals surface area contributed by atoms with Gasteiger partial charge in [-0.25, -0.2) is 4.79 Å². The summed E-state index contributed by atoms with van der Waals surface area (Å²) < 4.78 is 0. The standard InChI is InChI=1S/C17H21N3OS/c1-13(22-15-8-4-3-5-9-15)12-19-17(21)20-14(2)16-10-6-7-11-18-16/h3-11,13-14H,12H2,1-2H3,(H2,19,20,21)/t13-,14+/m0/s1. The molecule has 0 aliphatic rings. The molecule has 2 amide bonds. The normalized spacial score (nSPS) is 13.2. The van der Waals surface area contributed by atoms with E-state index >= 15 is 0 Å². The lowest BCUT2D eigenvalue weighted by Gasteiger charge is -2.16. The van der Waals surface area contributed by atoms with E-state index < -0.39 is 0 Å². The van der Waals surface area contributed by atoms with Gasteiger partial charge in [-0.15, -0.1) is 11.8 Å². The summed E-state index contributed by atoms with van der Waals surface area (Å²) in [6, 6.07) is 15.6. The number of pyridine rings is 1. The van der Waals surface area contributed by atoms with Crippen LogP contribution < -0.4 is 10.6 Å². The number of rotatable bonds is 6. The van der Waals surface area contributed by atoms with Gasteiger partial charge in [-0.1, -0.05) is 31.2 Å². The van der Waals surface area contributed by atoms with E-state index in [1.165, 1.54) is 4.90 Å². The fraction of sp³-hybridized carbons (Fsp3) is 0.294. The molecule has 0 spiro atoms. The molecule has 0 radical (unpaired) electrons. The van der Waals surface area contributed by atoms with Crippen LogP contribution in [0.3, 0.4) is 0 Å². The Kier molecular flexibility index (Phi) is 6.27. The first-order valence-electron chi connectivity index (χ1n) is 7.32. The monoisotopic (exact) mass is 315 g/mol. The molecule has 2 rings (SSSR count). The van der Waals surface area contributed by atoms with Gasteiger partial charge >= 0.3 is 6.03 Å². The van der Waals surface area contributed by atoms with Gasteiger partial charge in [0.1, 0.15) is 0 Å². The number of aromatic nitrogens is 1. The fourth-order valence-electron chi connectivity index (χ4n) is 1.96. The number of urea groups is 1. The van der Waals surface area contributed by atoms with E-state index in [0.717, 1.165) is 5.69 Å². The van der Waals surface area contributed by atoms with E-state index in [2.05, 4.69) is 34.7 Å². The molecular formula is C17H21N3OS. The molecule has 5 heteroatoms. The molecule has 0 fully saturated rings. The van der Waals surface area contributed by atoms with E-state index in [0.29, 0.717) is 11.8 Å². The molecule has 22 heavy (non-hydrogen) atoms. The molecule has 0 aliphatic carbocycles. The third-order valence-corrected chi connectivity index (χ3v) is 4.22. The van der Waals surface area contributed by atoms with Gasteiger partial charge in [-0.2, -0.15) is 0 Å². The van der Waals surface area contributed by atoms with Crippen LogP contribution in [0, 0.1) is 0 Å². The Labute approximate surface area is 135 Å². The van der Waals surface area contributed by atoms with Crippen molar-refractivity contribution >= 4 is 17.8 Å². The Bertz CT molecular complexity index is 577. The molecule has 1 heterocycles. The number of thioether (sulfide) groups is 1. The highest BCUT2D eigenvalue weighted by molar-refractivity contribution is 8.00. The second kappa shape index (κ2) is 8.44. The zero-order chi connectivity index (χ0) is 15.8. The minimum absolute atomic E-state index is 0.113. The number of hydrogen-bond donors (Lipinski definition) is 2. The highest BCUT2D eigenvalue weighted by Gasteiger charge is 2.11. The fourth-order valence-corrected chi connectivity index (χ4v) is 2.91. The summed E-state index contributed by atoms with van der Waals surface area (Å²) in [7, 11) is 0. The summed E-state index contributed by atoms with van der Waals surface area (Å²) >= 11 is 1.75. The maximum absolute atomic E-state index is 11.9.